The van der Waals surface area contributed by atoms with Gasteiger partial charge >= 0.3 is 0 Å². The fourth-order valence-corrected chi connectivity index (χ4v) is 1.62. The van der Waals surface area contributed by atoms with Crippen LogP contribution in [0.4, 0.5) is 0 Å². The number of nitrogens with one attached hydrogen (secondary N) is 1. The van der Waals surface area contributed by atoms with Gasteiger partial charge in [0.2, 0.25) is 0 Å². The van der Waals surface area contributed by atoms with Crippen LogP contribution < -0.4 is 0 Å². The maximum Gasteiger partial charge on any atom is 0.115 e. The molecule has 1 aromatic heterocycles. The number of hydrogen-bond donors (Lipinski definition) is 2. The minimum atomic E-state index is 0.181. The number of benzene rings is 1. The van der Waals surface area contributed by atoms with Crippen LogP contribution in [-0.2, 0) is 6.42 Å². The second-order valence-corrected chi connectivity index (χ2v) is 3.81. The standard InChI is InChI=1S/C12H15N3O/c1-9-4-6-10(7-5-9)12-11(3-2-8-16)13-15-14-12/h4-7,16H,2-3,8H2,1H3,(H,13,14,15). The quantitative estimate of drug-likeness (QED) is 0.819. The number of aliphatic hydroxyl groups excluding tert-OH is 1. The first-order chi connectivity index (χ1) is 7.81. The van der Waals surface area contributed by atoms with Crippen LogP contribution in [0.5, 0.6) is 0 Å². The van der Waals surface area contributed by atoms with Gasteiger partial charge in [0.1, 0.15) is 5.69 Å². The van der Waals surface area contributed by atoms with Gasteiger partial charge in [-0.2, -0.15) is 15.4 Å². The van der Waals surface area contributed by atoms with Crippen LogP contribution in [0.2, 0.25) is 0 Å². The molecule has 0 saturated heterocycles. The highest BCUT2D eigenvalue weighted by molar-refractivity contribution is 5.61. The maximum absolute atomic E-state index is 8.80. The first-order valence-electron chi connectivity index (χ1n) is 5.39. The highest BCUT2D eigenvalue weighted by Gasteiger charge is 2.09. The molecule has 1 aromatic carbocycles. The molecule has 4 heteroatoms. The molecule has 84 valence electrons. The summed E-state index contributed by atoms with van der Waals surface area (Å²) in [4.78, 5) is 0. The van der Waals surface area contributed by atoms with Gasteiger partial charge in [0.05, 0.1) is 5.69 Å². The SMILES string of the molecule is Cc1ccc(-c2n[nH]nc2CCCO)cc1. The van der Waals surface area contributed by atoms with Crippen molar-refractivity contribution in [2.24, 2.45) is 0 Å². The lowest BCUT2D eigenvalue weighted by atomic mass is 10.1. The highest BCUT2D eigenvalue weighted by atomic mass is 16.2. The van der Waals surface area contributed by atoms with E-state index in [0.29, 0.717) is 6.42 Å². The van der Waals surface area contributed by atoms with Gasteiger partial charge in [-0.25, -0.2) is 0 Å². The van der Waals surface area contributed by atoms with E-state index in [2.05, 4.69) is 34.5 Å². The van der Waals surface area contributed by atoms with Crippen LogP contribution in [-0.4, -0.2) is 27.1 Å². The van der Waals surface area contributed by atoms with Gasteiger partial charge in [0.25, 0.3) is 0 Å². The monoisotopic (exact) mass is 217 g/mol. The highest BCUT2D eigenvalue weighted by Crippen LogP contribution is 2.20. The molecule has 1 heterocycles. The fraction of sp³-hybridized carbons (Fsp3) is 0.333. The molecule has 4 nitrogen and oxygen atoms in total. The molecule has 0 amide bonds. The third-order valence-corrected chi connectivity index (χ3v) is 2.52. The lowest BCUT2D eigenvalue weighted by Gasteiger charge is -2.00. The topological polar surface area (TPSA) is 61.8 Å². The zero-order chi connectivity index (χ0) is 11.4. The Balaban J connectivity index is 2.26. The zero-order valence-electron chi connectivity index (χ0n) is 9.27. The molecule has 0 aliphatic carbocycles. The number of hydrogen-bond acceptors (Lipinski definition) is 3. The Morgan fingerprint density at radius 1 is 1.19 bits per heavy atom. The van der Waals surface area contributed by atoms with Gasteiger partial charge in [0.15, 0.2) is 0 Å². The van der Waals surface area contributed by atoms with Gasteiger partial charge in [-0.3, -0.25) is 0 Å². The van der Waals surface area contributed by atoms with E-state index in [1.165, 1.54) is 5.56 Å². The number of aryl methyl sites for hydroxylation is 2. The third-order valence-electron chi connectivity index (χ3n) is 2.52. The summed E-state index contributed by atoms with van der Waals surface area (Å²) < 4.78 is 0. The average molecular weight is 217 g/mol. The Hall–Kier alpha value is -1.68. The Labute approximate surface area is 94.3 Å². The summed E-state index contributed by atoms with van der Waals surface area (Å²) in [5.41, 5.74) is 4.09. The Bertz CT molecular complexity index is 448. The number of H-pyrrole nitrogens is 1. The molecule has 0 aliphatic heterocycles. The molecule has 0 spiro atoms. The molecule has 2 aromatic rings. The molecule has 2 rings (SSSR count). The van der Waals surface area contributed by atoms with Crippen molar-refractivity contribution in [3.63, 3.8) is 0 Å². The van der Waals surface area contributed by atoms with Crippen LogP contribution in [0.25, 0.3) is 11.3 Å². The zero-order valence-corrected chi connectivity index (χ0v) is 9.27. The molecule has 16 heavy (non-hydrogen) atoms. The summed E-state index contributed by atoms with van der Waals surface area (Å²) in [6.07, 6.45) is 1.46. The molecule has 2 N–H and O–H groups in total. The van der Waals surface area contributed by atoms with Crippen molar-refractivity contribution in [1.29, 1.82) is 0 Å². The normalized spacial score (nSPS) is 10.6. The van der Waals surface area contributed by atoms with Crippen molar-refractivity contribution in [3.8, 4) is 11.3 Å². The molecule has 0 aliphatic rings. The van der Waals surface area contributed by atoms with E-state index in [9.17, 15) is 0 Å². The van der Waals surface area contributed by atoms with E-state index in [-0.39, 0.29) is 6.61 Å². The Kier molecular flexibility index (Phi) is 3.31. The molecule has 0 atom stereocenters. The van der Waals surface area contributed by atoms with E-state index in [0.717, 1.165) is 23.4 Å². The number of rotatable bonds is 4. The van der Waals surface area contributed by atoms with Gasteiger partial charge < -0.3 is 5.11 Å². The largest absolute Gasteiger partial charge is 0.396 e. The lowest BCUT2D eigenvalue weighted by molar-refractivity contribution is 0.288. The van der Waals surface area contributed by atoms with Gasteiger partial charge in [-0.05, 0) is 19.8 Å². The van der Waals surface area contributed by atoms with Crippen molar-refractivity contribution in [3.05, 3.63) is 35.5 Å². The number of aliphatic hydroxyl groups is 1. The van der Waals surface area contributed by atoms with Gasteiger partial charge in [-0.1, -0.05) is 29.8 Å². The summed E-state index contributed by atoms with van der Waals surface area (Å²) in [5, 5.41) is 19.7. The third kappa shape index (κ3) is 2.28. The van der Waals surface area contributed by atoms with Gasteiger partial charge in [-0.15, -0.1) is 0 Å². The molecule has 0 unspecified atom stereocenters. The minimum Gasteiger partial charge on any atom is -0.396 e. The van der Waals surface area contributed by atoms with E-state index >= 15 is 0 Å². The van der Waals surface area contributed by atoms with Crippen molar-refractivity contribution < 1.29 is 5.11 Å². The molecule has 0 bridgehead atoms. The average Bonchev–Trinajstić information content (AvgIpc) is 2.75. The fourth-order valence-electron chi connectivity index (χ4n) is 1.62. The first kappa shape index (κ1) is 10.8. The number of aromatic amines is 1. The van der Waals surface area contributed by atoms with E-state index < -0.39 is 0 Å². The maximum atomic E-state index is 8.80. The van der Waals surface area contributed by atoms with E-state index in [1.807, 2.05) is 12.1 Å². The smallest absolute Gasteiger partial charge is 0.115 e. The second-order valence-electron chi connectivity index (χ2n) is 3.81. The predicted octanol–water partition coefficient (Wildman–Crippen LogP) is 1.71. The van der Waals surface area contributed by atoms with Crippen LogP contribution in [0.3, 0.4) is 0 Å². The number of aromatic nitrogens is 3. The van der Waals surface area contributed by atoms with Crippen molar-refractivity contribution in [2.45, 2.75) is 19.8 Å². The summed E-state index contributed by atoms with van der Waals surface area (Å²) >= 11 is 0. The van der Waals surface area contributed by atoms with Crippen LogP contribution >= 0.6 is 0 Å². The molecule has 0 fully saturated rings. The van der Waals surface area contributed by atoms with Crippen molar-refractivity contribution >= 4 is 0 Å². The Morgan fingerprint density at radius 2 is 1.94 bits per heavy atom. The molecular formula is C12H15N3O. The van der Waals surface area contributed by atoms with E-state index in [1.54, 1.807) is 0 Å². The summed E-state index contributed by atoms with van der Waals surface area (Å²) in [6.45, 7) is 2.24. The molecule has 0 radical (unpaired) electrons. The lowest BCUT2D eigenvalue weighted by Crippen LogP contribution is -1.92. The number of nitrogens with zero attached hydrogens (tertiary/aromatic N) is 2. The van der Waals surface area contributed by atoms with Crippen LogP contribution in [0.1, 0.15) is 17.7 Å². The summed E-state index contributed by atoms with van der Waals surface area (Å²) in [6, 6.07) is 8.19. The molecular weight excluding hydrogens is 202 g/mol. The Morgan fingerprint density at radius 3 is 2.62 bits per heavy atom. The molecule has 0 saturated carbocycles. The van der Waals surface area contributed by atoms with Gasteiger partial charge in [0, 0.05) is 12.2 Å². The second kappa shape index (κ2) is 4.90. The van der Waals surface area contributed by atoms with Crippen molar-refractivity contribution in [2.75, 3.05) is 6.61 Å². The van der Waals surface area contributed by atoms with E-state index in [4.69, 9.17) is 5.11 Å². The van der Waals surface area contributed by atoms with Crippen molar-refractivity contribution in [1.82, 2.24) is 15.4 Å². The van der Waals surface area contributed by atoms with Crippen LogP contribution in [0.15, 0.2) is 24.3 Å². The first-order valence-corrected chi connectivity index (χ1v) is 5.39. The van der Waals surface area contributed by atoms with Crippen LogP contribution in [0, 0.1) is 6.92 Å². The summed E-state index contributed by atoms with van der Waals surface area (Å²) in [7, 11) is 0. The summed E-state index contributed by atoms with van der Waals surface area (Å²) in [5.74, 6) is 0. The predicted molar refractivity (Wildman–Crippen MR) is 62.0 cm³/mol. The minimum absolute atomic E-state index is 0.181.